The Morgan fingerprint density at radius 3 is 2.52 bits per heavy atom. The van der Waals surface area contributed by atoms with Gasteiger partial charge in [0.1, 0.15) is 0 Å². The largest absolute Gasteiger partial charge is 0.478 e. The topological polar surface area (TPSA) is 50.4 Å². The van der Waals surface area contributed by atoms with Crippen LogP contribution >= 0.6 is 11.6 Å². The Kier molecular flexibility index (Phi) is 6.97. The Morgan fingerprint density at radius 2 is 1.73 bits per heavy atom. The number of carboxylic acids is 1. The van der Waals surface area contributed by atoms with Crippen molar-refractivity contribution in [2.24, 2.45) is 0 Å². The van der Waals surface area contributed by atoms with E-state index in [0.717, 1.165) is 55.3 Å². The molecule has 2 aromatic carbocycles. The summed E-state index contributed by atoms with van der Waals surface area (Å²) in [4.78, 5) is 14.5. The average molecular weight is 556 g/mol. The van der Waals surface area contributed by atoms with Gasteiger partial charge in [0.25, 0.3) is 0 Å². The molecular formula is C34H38ClN3O2. The molecule has 3 aliphatic rings. The van der Waals surface area contributed by atoms with Crippen molar-refractivity contribution in [3.05, 3.63) is 65.4 Å². The van der Waals surface area contributed by atoms with Crippen LogP contribution in [0.15, 0.2) is 48.7 Å². The molecule has 5 nitrogen and oxygen atoms in total. The van der Waals surface area contributed by atoms with Gasteiger partial charge < -0.3 is 14.2 Å². The highest BCUT2D eigenvalue weighted by Crippen LogP contribution is 2.47. The molecule has 40 heavy (non-hydrogen) atoms. The fraction of sp³-hybridized carbons (Fsp3) is 0.441. The maximum absolute atomic E-state index is 11.9. The van der Waals surface area contributed by atoms with E-state index in [1.165, 1.54) is 84.5 Å². The maximum Gasteiger partial charge on any atom is 0.335 e. The van der Waals surface area contributed by atoms with Crippen LogP contribution in [-0.4, -0.2) is 44.7 Å². The molecule has 2 aromatic heterocycles. The SMILES string of the molecule is O=C(O)c1ccc2c(C3CCCCC3)c3n(c2c1)CCCn1cc(C(Cl)=CCN2CCCCC2)c2cccc-3c21. The zero-order valence-corrected chi connectivity index (χ0v) is 23.9. The van der Waals surface area contributed by atoms with Gasteiger partial charge in [0.15, 0.2) is 0 Å². The number of likely N-dealkylation sites (tertiary alicyclic amines) is 1. The molecule has 0 bridgehead atoms. The van der Waals surface area contributed by atoms with Gasteiger partial charge in [0, 0.05) is 58.3 Å². The van der Waals surface area contributed by atoms with E-state index in [1.807, 2.05) is 6.07 Å². The summed E-state index contributed by atoms with van der Waals surface area (Å²) in [6, 6.07) is 12.4. The van der Waals surface area contributed by atoms with Gasteiger partial charge in [0.2, 0.25) is 0 Å². The van der Waals surface area contributed by atoms with Crippen LogP contribution in [-0.2, 0) is 13.1 Å². The van der Waals surface area contributed by atoms with Gasteiger partial charge in [-0.05, 0) is 68.8 Å². The highest BCUT2D eigenvalue weighted by Gasteiger charge is 2.29. The minimum absolute atomic E-state index is 0.361. The summed E-state index contributed by atoms with van der Waals surface area (Å²) in [6.07, 6.45) is 15.5. The lowest BCUT2D eigenvalue weighted by molar-refractivity contribution is 0.0697. The lowest BCUT2D eigenvalue weighted by Gasteiger charge is -2.25. The number of para-hydroxylation sites is 1. The standard InChI is InChI=1S/C34H38ClN3O2/c35-29(15-20-36-16-5-2-6-17-36)28-22-37-18-8-19-38-30-21-24(34(39)40)13-14-26(30)31(23-9-3-1-4-10-23)33(38)27-12-7-11-25(28)32(27)37/h7,11-15,21-23H,1-6,8-10,16-20H2,(H,39,40). The van der Waals surface area contributed by atoms with Gasteiger partial charge >= 0.3 is 5.97 Å². The van der Waals surface area contributed by atoms with Crippen LogP contribution in [0.4, 0.5) is 0 Å². The Bertz CT molecular complexity index is 1620. The Labute approximate surface area is 241 Å². The quantitative estimate of drug-likeness (QED) is 0.268. The molecule has 1 N–H and O–H groups in total. The molecule has 0 spiro atoms. The Morgan fingerprint density at radius 1 is 0.925 bits per heavy atom. The average Bonchev–Trinajstić information content (AvgIpc) is 3.51. The van der Waals surface area contributed by atoms with Gasteiger partial charge in [-0.2, -0.15) is 0 Å². The molecule has 0 radical (unpaired) electrons. The van der Waals surface area contributed by atoms with Crippen LogP contribution in [0.1, 0.15) is 85.2 Å². The lowest BCUT2D eigenvalue weighted by atomic mass is 9.81. The highest BCUT2D eigenvalue weighted by molar-refractivity contribution is 6.49. The zero-order valence-electron chi connectivity index (χ0n) is 23.2. The van der Waals surface area contributed by atoms with Gasteiger partial charge in [-0.1, -0.05) is 67.6 Å². The summed E-state index contributed by atoms with van der Waals surface area (Å²) < 4.78 is 4.86. The lowest BCUT2D eigenvalue weighted by Crippen LogP contribution is -2.29. The summed E-state index contributed by atoms with van der Waals surface area (Å²) in [5, 5.41) is 13.1. The summed E-state index contributed by atoms with van der Waals surface area (Å²) in [7, 11) is 0. The number of piperidine rings is 1. The van der Waals surface area contributed by atoms with Crippen LogP contribution in [0.2, 0.25) is 0 Å². The third-order valence-corrected chi connectivity index (χ3v) is 9.89. The number of halogens is 1. The van der Waals surface area contributed by atoms with Crippen LogP contribution in [0, 0.1) is 0 Å². The fourth-order valence-electron chi connectivity index (χ4n) is 7.61. The van der Waals surface area contributed by atoms with E-state index in [1.54, 1.807) is 6.07 Å². The number of fused-ring (bicyclic) bond motifs is 4. The molecule has 2 aliphatic heterocycles. The number of nitrogens with zero attached hydrogens (tertiary/aromatic N) is 3. The smallest absolute Gasteiger partial charge is 0.335 e. The van der Waals surface area contributed by atoms with Gasteiger partial charge in [0.05, 0.1) is 16.8 Å². The minimum atomic E-state index is -0.867. The van der Waals surface area contributed by atoms with Gasteiger partial charge in [-0.3, -0.25) is 4.90 Å². The zero-order chi connectivity index (χ0) is 27.2. The number of carboxylic acid groups (broad SMARTS) is 1. The third kappa shape index (κ3) is 4.48. The molecule has 1 saturated heterocycles. The monoisotopic (exact) mass is 555 g/mol. The van der Waals surface area contributed by atoms with Crippen molar-refractivity contribution in [3.63, 3.8) is 0 Å². The highest BCUT2D eigenvalue weighted by atomic mass is 35.5. The van der Waals surface area contributed by atoms with Crippen molar-refractivity contribution in [3.8, 4) is 11.3 Å². The number of hydrogen-bond donors (Lipinski definition) is 1. The van der Waals surface area contributed by atoms with Crippen molar-refractivity contribution in [1.29, 1.82) is 0 Å². The molecule has 1 aliphatic carbocycles. The molecule has 4 aromatic rings. The Balaban J connectivity index is 1.42. The molecule has 0 unspecified atom stereocenters. The van der Waals surface area contributed by atoms with E-state index < -0.39 is 5.97 Å². The third-order valence-electron chi connectivity index (χ3n) is 9.53. The number of rotatable bonds is 5. The van der Waals surface area contributed by atoms with E-state index in [-0.39, 0.29) is 0 Å². The molecule has 7 rings (SSSR count). The molecular weight excluding hydrogens is 518 g/mol. The van der Waals surface area contributed by atoms with E-state index in [0.29, 0.717) is 11.5 Å². The number of aromatic nitrogens is 2. The number of aryl methyl sites for hydroxylation is 2. The van der Waals surface area contributed by atoms with Crippen LogP contribution in [0.25, 0.3) is 38.1 Å². The van der Waals surface area contributed by atoms with Crippen molar-refractivity contribution in [1.82, 2.24) is 14.0 Å². The van der Waals surface area contributed by atoms with Crippen LogP contribution in [0.3, 0.4) is 0 Å². The first-order valence-corrected chi connectivity index (χ1v) is 15.6. The molecule has 4 heterocycles. The first kappa shape index (κ1) is 25.9. The first-order chi connectivity index (χ1) is 19.6. The second kappa shape index (κ2) is 10.8. The summed E-state index contributed by atoms with van der Waals surface area (Å²) in [5.74, 6) is -0.372. The number of hydrogen-bond acceptors (Lipinski definition) is 2. The number of carbonyl (C=O) groups is 1. The second-order valence-electron chi connectivity index (χ2n) is 12.0. The molecule has 6 heteroatoms. The van der Waals surface area contributed by atoms with E-state index >= 15 is 0 Å². The summed E-state index contributed by atoms with van der Waals surface area (Å²) >= 11 is 7.05. The number of aromatic carboxylic acids is 1. The summed E-state index contributed by atoms with van der Waals surface area (Å²) in [5.41, 5.74) is 7.74. The second-order valence-corrected chi connectivity index (χ2v) is 12.4. The molecule has 208 valence electrons. The number of benzene rings is 2. The fourth-order valence-corrected chi connectivity index (χ4v) is 7.83. The molecule has 0 atom stereocenters. The van der Waals surface area contributed by atoms with Gasteiger partial charge in [-0.25, -0.2) is 4.79 Å². The van der Waals surface area contributed by atoms with Crippen LogP contribution in [0.5, 0.6) is 0 Å². The molecule has 0 amide bonds. The van der Waals surface area contributed by atoms with E-state index in [2.05, 4.69) is 50.6 Å². The minimum Gasteiger partial charge on any atom is -0.478 e. The molecule has 2 fully saturated rings. The predicted octanol–water partition coefficient (Wildman–Crippen LogP) is 8.48. The van der Waals surface area contributed by atoms with Crippen molar-refractivity contribution in [2.75, 3.05) is 19.6 Å². The first-order valence-electron chi connectivity index (χ1n) is 15.2. The van der Waals surface area contributed by atoms with Crippen LogP contribution < -0.4 is 0 Å². The Hall–Kier alpha value is -3.02. The van der Waals surface area contributed by atoms with Gasteiger partial charge in [-0.15, -0.1) is 0 Å². The van der Waals surface area contributed by atoms with Crippen molar-refractivity contribution >= 4 is 44.4 Å². The normalized spacial score (nSPS) is 19.1. The molecule has 1 saturated carbocycles. The van der Waals surface area contributed by atoms with E-state index in [4.69, 9.17) is 11.6 Å². The van der Waals surface area contributed by atoms with Crippen molar-refractivity contribution < 1.29 is 9.90 Å². The predicted molar refractivity (Wildman–Crippen MR) is 164 cm³/mol. The summed E-state index contributed by atoms with van der Waals surface area (Å²) in [6.45, 7) is 4.98. The maximum atomic E-state index is 11.9. The van der Waals surface area contributed by atoms with E-state index in [9.17, 15) is 9.90 Å². The van der Waals surface area contributed by atoms with Crippen molar-refractivity contribution in [2.45, 2.75) is 76.8 Å².